The van der Waals surface area contributed by atoms with E-state index in [0.717, 1.165) is 13.4 Å². The summed E-state index contributed by atoms with van der Waals surface area (Å²) in [6.45, 7) is 1.50. The molecule has 0 N–H and O–H groups in total. The minimum Gasteiger partial charge on any atom is -0.0860 e. The standard InChI is InChI=1S/C18H18B2/c1-3-7-17(8-4-1)19-11-15-13-20(14-16(15)12-19)18-9-5-2-6-10-18/h1-10H,11-14H2. The van der Waals surface area contributed by atoms with Gasteiger partial charge in [0.25, 0.3) is 0 Å². The molecule has 0 aromatic heterocycles. The summed E-state index contributed by atoms with van der Waals surface area (Å²) in [5.74, 6) is 0. The van der Waals surface area contributed by atoms with Gasteiger partial charge in [-0.3, -0.25) is 0 Å². The Kier molecular flexibility index (Phi) is 3.03. The van der Waals surface area contributed by atoms with Crippen LogP contribution in [0.4, 0.5) is 0 Å². The molecule has 0 saturated carbocycles. The molecule has 0 amide bonds. The van der Waals surface area contributed by atoms with Crippen LogP contribution in [0.2, 0.25) is 25.3 Å². The molecule has 2 aliphatic rings. The van der Waals surface area contributed by atoms with Gasteiger partial charge in [0.2, 0.25) is 0 Å². The topological polar surface area (TPSA) is 0 Å². The lowest BCUT2D eigenvalue weighted by Crippen LogP contribution is -2.31. The molecule has 20 heavy (non-hydrogen) atoms. The van der Waals surface area contributed by atoms with E-state index < -0.39 is 0 Å². The Hall–Kier alpha value is -1.69. The van der Waals surface area contributed by atoms with Crippen LogP contribution in [0.15, 0.2) is 71.8 Å². The van der Waals surface area contributed by atoms with Gasteiger partial charge in [-0.2, -0.15) is 0 Å². The summed E-state index contributed by atoms with van der Waals surface area (Å²) >= 11 is 0. The van der Waals surface area contributed by atoms with Crippen molar-refractivity contribution in [3.05, 3.63) is 71.8 Å². The number of allylic oxidation sites excluding steroid dienone is 2. The Morgan fingerprint density at radius 3 is 1.20 bits per heavy atom. The van der Waals surface area contributed by atoms with Gasteiger partial charge in [-0.1, -0.05) is 82.7 Å². The predicted molar refractivity (Wildman–Crippen MR) is 89.9 cm³/mol. The van der Waals surface area contributed by atoms with E-state index in [-0.39, 0.29) is 0 Å². The average Bonchev–Trinajstić information content (AvgIpc) is 3.08. The number of hydrogen-bond acceptors (Lipinski definition) is 0. The molecule has 2 aromatic rings. The van der Waals surface area contributed by atoms with E-state index in [4.69, 9.17) is 0 Å². The summed E-state index contributed by atoms with van der Waals surface area (Å²) < 4.78 is 0. The van der Waals surface area contributed by atoms with E-state index in [9.17, 15) is 0 Å². The molecule has 0 bridgehead atoms. The molecular formula is C18H18B2. The van der Waals surface area contributed by atoms with Gasteiger partial charge in [-0.05, 0) is 25.3 Å². The highest BCUT2D eigenvalue weighted by atomic mass is 14.2. The van der Waals surface area contributed by atoms with Gasteiger partial charge in [0.15, 0.2) is 13.4 Å². The zero-order chi connectivity index (χ0) is 13.4. The van der Waals surface area contributed by atoms with E-state index >= 15 is 0 Å². The molecule has 0 fully saturated rings. The van der Waals surface area contributed by atoms with Crippen molar-refractivity contribution < 1.29 is 0 Å². The second-order valence-corrected chi connectivity index (χ2v) is 6.24. The summed E-state index contributed by atoms with van der Waals surface area (Å²) in [6, 6.07) is 22.1. The van der Waals surface area contributed by atoms with Crippen LogP contribution in [0, 0.1) is 0 Å². The van der Waals surface area contributed by atoms with E-state index in [2.05, 4.69) is 60.7 Å². The van der Waals surface area contributed by atoms with Crippen LogP contribution in [-0.2, 0) is 0 Å². The van der Waals surface area contributed by atoms with Crippen molar-refractivity contribution >= 4 is 24.4 Å². The summed E-state index contributed by atoms with van der Waals surface area (Å²) in [6.07, 6.45) is 5.18. The lowest BCUT2D eigenvalue weighted by molar-refractivity contribution is 1.34. The Bertz CT molecular complexity index is 557. The maximum atomic E-state index is 2.29. The lowest BCUT2D eigenvalue weighted by Gasteiger charge is -2.13. The van der Waals surface area contributed by atoms with Gasteiger partial charge >= 0.3 is 0 Å². The maximum absolute atomic E-state index is 2.29. The molecule has 0 radical (unpaired) electrons. The van der Waals surface area contributed by atoms with E-state index in [1.807, 2.05) is 0 Å². The summed E-state index contributed by atoms with van der Waals surface area (Å²) in [7, 11) is 0. The van der Waals surface area contributed by atoms with Crippen molar-refractivity contribution in [3.63, 3.8) is 0 Å². The first kappa shape index (κ1) is 12.1. The zero-order valence-electron chi connectivity index (χ0n) is 11.8. The molecule has 0 nitrogen and oxygen atoms in total. The fourth-order valence-electron chi connectivity index (χ4n) is 4.00. The Balaban J connectivity index is 1.47. The Morgan fingerprint density at radius 2 is 0.850 bits per heavy atom. The highest BCUT2D eigenvalue weighted by Crippen LogP contribution is 2.40. The molecular weight excluding hydrogens is 238 g/mol. The van der Waals surface area contributed by atoms with Crippen LogP contribution < -0.4 is 10.9 Å². The zero-order valence-corrected chi connectivity index (χ0v) is 11.8. The largest absolute Gasteiger partial charge is 0.183 e. The first-order valence-corrected chi connectivity index (χ1v) is 7.70. The number of benzene rings is 2. The number of rotatable bonds is 2. The Labute approximate surface area is 122 Å². The van der Waals surface area contributed by atoms with Gasteiger partial charge in [-0.15, -0.1) is 0 Å². The Morgan fingerprint density at radius 1 is 0.500 bits per heavy atom. The average molecular weight is 256 g/mol. The lowest BCUT2D eigenvalue weighted by atomic mass is 9.36. The third-order valence-corrected chi connectivity index (χ3v) is 5.01. The normalized spacial score (nSPS) is 17.8. The van der Waals surface area contributed by atoms with Crippen molar-refractivity contribution in [1.82, 2.24) is 0 Å². The minimum atomic E-state index is 0.748. The third kappa shape index (κ3) is 2.14. The molecule has 0 spiro atoms. The van der Waals surface area contributed by atoms with Crippen molar-refractivity contribution in [2.75, 3.05) is 0 Å². The number of hydrogen-bond donors (Lipinski definition) is 0. The van der Waals surface area contributed by atoms with Crippen LogP contribution >= 0.6 is 0 Å². The second-order valence-electron chi connectivity index (χ2n) is 6.24. The molecule has 2 heteroatoms. The van der Waals surface area contributed by atoms with Crippen molar-refractivity contribution in [2.45, 2.75) is 25.3 Å². The summed E-state index contributed by atoms with van der Waals surface area (Å²) in [5, 5.41) is 0. The summed E-state index contributed by atoms with van der Waals surface area (Å²) in [4.78, 5) is 0. The van der Waals surface area contributed by atoms with Crippen molar-refractivity contribution in [1.29, 1.82) is 0 Å². The van der Waals surface area contributed by atoms with Crippen molar-refractivity contribution in [2.24, 2.45) is 0 Å². The first-order valence-electron chi connectivity index (χ1n) is 7.70. The molecule has 2 aliphatic heterocycles. The van der Waals surface area contributed by atoms with Crippen LogP contribution in [0.1, 0.15) is 0 Å². The van der Waals surface area contributed by atoms with E-state index in [1.54, 1.807) is 11.1 Å². The molecule has 2 heterocycles. The fourth-order valence-corrected chi connectivity index (χ4v) is 4.00. The summed E-state index contributed by atoms with van der Waals surface area (Å²) in [5.41, 5.74) is 6.57. The van der Waals surface area contributed by atoms with E-state index in [1.165, 1.54) is 36.2 Å². The van der Waals surface area contributed by atoms with Gasteiger partial charge in [0.1, 0.15) is 0 Å². The maximum Gasteiger partial charge on any atom is 0.183 e. The second kappa shape index (κ2) is 5.01. The molecule has 4 rings (SSSR count). The minimum absolute atomic E-state index is 0.748. The molecule has 0 atom stereocenters. The first-order chi connectivity index (χ1) is 9.90. The molecule has 96 valence electrons. The third-order valence-electron chi connectivity index (χ3n) is 5.01. The van der Waals surface area contributed by atoms with Crippen LogP contribution in [0.5, 0.6) is 0 Å². The highest BCUT2D eigenvalue weighted by molar-refractivity contribution is 6.79. The fraction of sp³-hybridized carbons (Fsp3) is 0.222. The molecule has 0 aliphatic carbocycles. The molecule has 2 aromatic carbocycles. The van der Waals surface area contributed by atoms with Gasteiger partial charge < -0.3 is 0 Å². The highest BCUT2D eigenvalue weighted by Gasteiger charge is 2.36. The van der Waals surface area contributed by atoms with Crippen LogP contribution in [0.3, 0.4) is 0 Å². The quantitative estimate of drug-likeness (QED) is 0.572. The predicted octanol–water partition coefficient (Wildman–Crippen LogP) is 3.11. The monoisotopic (exact) mass is 256 g/mol. The smallest absolute Gasteiger partial charge is 0.0860 e. The van der Waals surface area contributed by atoms with Crippen LogP contribution in [0.25, 0.3) is 0 Å². The van der Waals surface area contributed by atoms with E-state index in [0.29, 0.717) is 0 Å². The van der Waals surface area contributed by atoms with Gasteiger partial charge in [0, 0.05) is 0 Å². The SMILES string of the molecule is c1ccc(B2CC3=C(C2)CB(c2ccccc2)C3)cc1. The van der Waals surface area contributed by atoms with Gasteiger partial charge in [0.05, 0.1) is 0 Å². The van der Waals surface area contributed by atoms with Gasteiger partial charge in [-0.25, -0.2) is 0 Å². The molecule has 0 unspecified atom stereocenters. The van der Waals surface area contributed by atoms with Crippen LogP contribution in [-0.4, -0.2) is 13.4 Å². The molecule has 0 saturated heterocycles. The van der Waals surface area contributed by atoms with Crippen molar-refractivity contribution in [3.8, 4) is 0 Å².